The molecule has 1 aliphatic heterocycles. The Morgan fingerprint density at radius 1 is 1.03 bits per heavy atom. The second-order valence-electron chi connectivity index (χ2n) is 10.0. The van der Waals surface area contributed by atoms with Crippen LogP contribution < -0.4 is 19.7 Å². The Hall–Kier alpha value is -4.33. The molecule has 2 aromatic carbocycles. The standard InChI is InChI=1S/C31H34N4O4/c1-6-35-21(4)24(29-19(2)7-8-20(3)30(29)35)17-28(36)33-25(15-22-11-13-32-14-12-22)31(37)34(5)23-9-10-26-27(16-23)39-18-38-26/h7-14,16,25H,6,15,17-18H2,1-5H3,(H,33,36)/t25-/m0/s1. The van der Waals surface area contributed by atoms with Gasteiger partial charge in [-0.25, -0.2) is 0 Å². The average molecular weight is 527 g/mol. The molecule has 0 radical (unpaired) electrons. The highest BCUT2D eigenvalue weighted by Crippen LogP contribution is 2.35. The van der Waals surface area contributed by atoms with Crippen LogP contribution in [0.2, 0.25) is 0 Å². The van der Waals surface area contributed by atoms with Crippen LogP contribution in [0.1, 0.15) is 34.9 Å². The number of likely N-dealkylation sites (N-methyl/N-ethyl adjacent to an activating group) is 1. The van der Waals surface area contributed by atoms with E-state index in [4.69, 9.17) is 9.47 Å². The zero-order valence-electron chi connectivity index (χ0n) is 23.1. The molecule has 3 heterocycles. The van der Waals surface area contributed by atoms with Crippen LogP contribution in [0.25, 0.3) is 10.9 Å². The third kappa shape index (κ3) is 5.06. The van der Waals surface area contributed by atoms with Crippen molar-refractivity contribution in [3.8, 4) is 11.5 Å². The molecule has 8 heteroatoms. The Morgan fingerprint density at radius 3 is 2.49 bits per heavy atom. The van der Waals surface area contributed by atoms with Gasteiger partial charge in [0.1, 0.15) is 6.04 Å². The fourth-order valence-corrected chi connectivity index (χ4v) is 5.46. The molecule has 0 bridgehead atoms. The summed E-state index contributed by atoms with van der Waals surface area (Å²) in [6.07, 6.45) is 3.91. The van der Waals surface area contributed by atoms with E-state index in [0.717, 1.165) is 34.3 Å². The van der Waals surface area contributed by atoms with Gasteiger partial charge >= 0.3 is 0 Å². The van der Waals surface area contributed by atoms with Gasteiger partial charge in [-0.15, -0.1) is 0 Å². The van der Waals surface area contributed by atoms with Crippen molar-refractivity contribution in [2.45, 2.75) is 53.1 Å². The lowest BCUT2D eigenvalue weighted by molar-refractivity contribution is -0.127. The zero-order valence-corrected chi connectivity index (χ0v) is 23.1. The molecule has 4 aromatic rings. The van der Waals surface area contributed by atoms with Crippen molar-refractivity contribution in [2.75, 3.05) is 18.7 Å². The van der Waals surface area contributed by atoms with Crippen molar-refractivity contribution in [3.63, 3.8) is 0 Å². The SMILES string of the molecule is CCn1c(C)c(CC(=O)N[C@@H](Cc2ccncc2)C(=O)N(C)c2ccc3c(c2)OCO3)c2c(C)ccc(C)c21. The number of fused-ring (bicyclic) bond motifs is 2. The van der Waals surface area contributed by atoms with Gasteiger partial charge in [-0.3, -0.25) is 14.6 Å². The smallest absolute Gasteiger partial charge is 0.249 e. The van der Waals surface area contributed by atoms with Crippen LogP contribution >= 0.6 is 0 Å². The van der Waals surface area contributed by atoms with E-state index in [9.17, 15) is 9.59 Å². The average Bonchev–Trinajstić information content (AvgIpc) is 3.52. The van der Waals surface area contributed by atoms with Crippen LogP contribution in [-0.2, 0) is 29.0 Å². The maximum atomic E-state index is 13.8. The molecule has 0 fully saturated rings. The van der Waals surface area contributed by atoms with E-state index >= 15 is 0 Å². The van der Waals surface area contributed by atoms with Crippen LogP contribution in [0.4, 0.5) is 5.69 Å². The highest BCUT2D eigenvalue weighted by Gasteiger charge is 2.28. The second kappa shape index (κ2) is 10.8. The second-order valence-corrected chi connectivity index (χ2v) is 10.0. The number of carbonyl (C=O) groups is 2. The Morgan fingerprint density at radius 2 is 1.74 bits per heavy atom. The first kappa shape index (κ1) is 26.3. The fourth-order valence-electron chi connectivity index (χ4n) is 5.46. The van der Waals surface area contributed by atoms with Crippen LogP contribution in [0.15, 0.2) is 54.9 Å². The number of amides is 2. The van der Waals surface area contributed by atoms with E-state index in [0.29, 0.717) is 23.6 Å². The number of hydrogen-bond donors (Lipinski definition) is 1. The van der Waals surface area contributed by atoms with E-state index in [1.54, 1.807) is 36.5 Å². The minimum Gasteiger partial charge on any atom is -0.454 e. The Balaban J connectivity index is 1.43. The van der Waals surface area contributed by atoms with Crippen LogP contribution in [-0.4, -0.2) is 41.2 Å². The van der Waals surface area contributed by atoms with E-state index in [2.05, 4.69) is 54.7 Å². The predicted molar refractivity (Wildman–Crippen MR) is 151 cm³/mol. The number of benzene rings is 2. The number of anilines is 1. The summed E-state index contributed by atoms with van der Waals surface area (Å²) in [6.45, 7) is 9.35. The normalized spacial score (nSPS) is 12.9. The number of pyridine rings is 1. The minimum absolute atomic E-state index is 0.157. The first-order valence-corrected chi connectivity index (χ1v) is 13.2. The first-order chi connectivity index (χ1) is 18.8. The molecular formula is C31H34N4O4. The summed E-state index contributed by atoms with van der Waals surface area (Å²) in [5, 5.41) is 4.18. The van der Waals surface area contributed by atoms with Gasteiger partial charge in [0, 0.05) is 55.2 Å². The van der Waals surface area contributed by atoms with Crippen molar-refractivity contribution in [3.05, 3.63) is 82.8 Å². The van der Waals surface area contributed by atoms with Gasteiger partial charge in [0.25, 0.3) is 0 Å². The molecule has 1 aliphatic rings. The summed E-state index contributed by atoms with van der Waals surface area (Å²) in [6, 6.07) is 12.6. The first-order valence-electron chi connectivity index (χ1n) is 13.2. The summed E-state index contributed by atoms with van der Waals surface area (Å²) < 4.78 is 13.2. The Bertz CT molecular complexity index is 1540. The summed E-state index contributed by atoms with van der Waals surface area (Å²) in [5.74, 6) is 0.822. The van der Waals surface area contributed by atoms with Gasteiger partial charge < -0.3 is 24.3 Å². The zero-order chi connectivity index (χ0) is 27.7. The number of aromatic nitrogens is 2. The predicted octanol–water partition coefficient (Wildman–Crippen LogP) is 4.64. The number of nitrogens with zero attached hydrogens (tertiary/aromatic N) is 3. The number of carbonyl (C=O) groups excluding carboxylic acids is 2. The molecule has 202 valence electrons. The monoisotopic (exact) mass is 526 g/mol. The lowest BCUT2D eigenvalue weighted by atomic mass is 10.00. The lowest BCUT2D eigenvalue weighted by Crippen LogP contribution is -2.49. The van der Waals surface area contributed by atoms with Crippen molar-refractivity contribution in [1.29, 1.82) is 0 Å². The largest absolute Gasteiger partial charge is 0.454 e. The number of nitrogens with one attached hydrogen (secondary N) is 1. The number of hydrogen-bond acceptors (Lipinski definition) is 5. The molecule has 0 aliphatic carbocycles. The number of aryl methyl sites for hydroxylation is 3. The summed E-state index contributed by atoms with van der Waals surface area (Å²) in [4.78, 5) is 33.0. The van der Waals surface area contributed by atoms with Crippen molar-refractivity contribution in [2.24, 2.45) is 0 Å². The van der Waals surface area contributed by atoms with Crippen molar-refractivity contribution < 1.29 is 19.1 Å². The van der Waals surface area contributed by atoms with E-state index in [1.165, 1.54) is 11.1 Å². The van der Waals surface area contributed by atoms with E-state index in [-0.39, 0.29) is 25.0 Å². The minimum atomic E-state index is -0.766. The highest BCUT2D eigenvalue weighted by molar-refractivity contribution is 6.00. The van der Waals surface area contributed by atoms with Gasteiger partial charge in [0.05, 0.1) is 11.9 Å². The summed E-state index contributed by atoms with van der Waals surface area (Å²) in [5.41, 5.74) is 7.15. The van der Waals surface area contributed by atoms with Crippen LogP contribution in [0, 0.1) is 20.8 Å². The Labute approximate surface area is 228 Å². The topological polar surface area (TPSA) is 85.7 Å². The Kier molecular flexibility index (Phi) is 7.28. The van der Waals surface area contributed by atoms with Crippen LogP contribution in [0.3, 0.4) is 0 Å². The number of rotatable bonds is 8. The molecule has 8 nitrogen and oxygen atoms in total. The molecule has 0 saturated carbocycles. The van der Waals surface area contributed by atoms with Gasteiger partial charge in [-0.1, -0.05) is 12.1 Å². The van der Waals surface area contributed by atoms with Crippen molar-refractivity contribution in [1.82, 2.24) is 14.9 Å². The number of ether oxygens (including phenoxy) is 2. The molecule has 0 saturated heterocycles. The molecular weight excluding hydrogens is 492 g/mol. The maximum absolute atomic E-state index is 13.8. The molecule has 2 amide bonds. The molecule has 1 N–H and O–H groups in total. The summed E-state index contributed by atoms with van der Waals surface area (Å²) >= 11 is 0. The van der Waals surface area contributed by atoms with E-state index < -0.39 is 6.04 Å². The molecule has 0 spiro atoms. The van der Waals surface area contributed by atoms with Gasteiger partial charge in [-0.2, -0.15) is 0 Å². The highest BCUT2D eigenvalue weighted by atomic mass is 16.7. The quantitative estimate of drug-likeness (QED) is 0.362. The van der Waals surface area contributed by atoms with E-state index in [1.807, 2.05) is 18.2 Å². The summed E-state index contributed by atoms with van der Waals surface area (Å²) in [7, 11) is 1.71. The van der Waals surface area contributed by atoms with Gasteiger partial charge in [-0.05, 0) is 74.2 Å². The fraction of sp³-hybridized carbons (Fsp3) is 0.323. The molecule has 39 heavy (non-hydrogen) atoms. The third-order valence-electron chi connectivity index (χ3n) is 7.55. The molecule has 2 aromatic heterocycles. The van der Waals surface area contributed by atoms with Crippen LogP contribution in [0.5, 0.6) is 11.5 Å². The lowest BCUT2D eigenvalue weighted by Gasteiger charge is -2.25. The third-order valence-corrected chi connectivity index (χ3v) is 7.55. The van der Waals surface area contributed by atoms with Gasteiger partial charge in [0.2, 0.25) is 18.6 Å². The molecule has 0 unspecified atom stereocenters. The molecule has 1 atom stereocenters. The van der Waals surface area contributed by atoms with Crippen molar-refractivity contribution >= 4 is 28.4 Å². The van der Waals surface area contributed by atoms with Gasteiger partial charge in [0.15, 0.2) is 11.5 Å². The molecule has 5 rings (SSSR count). The maximum Gasteiger partial charge on any atom is 0.249 e.